The van der Waals surface area contributed by atoms with Crippen LogP contribution in [0.2, 0.25) is 0 Å². The van der Waals surface area contributed by atoms with Gasteiger partial charge in [0, 0.05) is 45.0 Å². The topological polar surface area (TPSA) is 6.48 Å². The number of hydrogen-bond donors (Lipinski definition) is 0. The maximum atomic E-state index is 2.52. The first-order valence-corrected chi connectivity index (χ1v) is 36.8. The molecule has 13 aromatic rings. The minimum absolute atomic E-state index is 0.140. The molecule has 3 aliphatic carbocycles. The zero-order chi connectivity index (χ0) is 69.3. The molecular formula is C100H86N2. The maximum Gasteiger partial charge on any atom is 0.0467 e. The van der Waals surface area contributed by atoms with E-state index in [1.54, 1.807) is 0 Å². The van der Waals surface area contributed by atoms with Crippen molar-refractivity contribution in [2.45, 2.75) is 90.9 Å². The van der Waals surface area contributed by atoms with E-state index in [2.05, 4.69) is 391 Å². The number of aryl methyl sites for hydroxylation is 1. The molecular weight excluding hydrogens is 1230 g/mol. The van der Waals surface area contributed by atoms with Gasteiger partial charge in [0.15, 0.2) is 0 Å². The van der Waals surface area contributed by atoms with E-state index >= 15 is 0 Å². The van der Waals surface area contributed by atoms with Gasteiger partial charge in [-0.3, -0.25) is 0 Å². The molecule has 0 atom stereocenters. The Bertz CT molecular complexity index is 5390. The Kier molecular flexibility index (Phi) is 17.8. The average Bonchev–Trinajstić information content (AvgIpc) is 1.57. The molecule has 0 aromatic heterocycles. The number of allylic oxidation sites excluding steroid dienone is 3. The lowest BCUT2D eigenvalue weighted by Crippen LogP contribution is -2.24. The van der Waals surface area contributed by atoms with Gasteiger partial charge in [-0.1, -0.05) is 295 Å². The summed E-state index contributed by atoms with van der Waals surface area (Å²) in [5.41, 5.74) is 37.3. The van der Waals surface area contributed by atoms with Gasteiger partial charge in [0.25, 0.3) is 0 Å². The molecule has 3 aliphatic rings. The summed E-state index contributed by atoms with van der Waals surface area (Å²) >= 11 is 0. The Hall–Kier alpha value is -11.6. The number of benzene rings is 13. The van der Waals surface area contributed by atoms with Gasteiger partial charge in [-0.25, -0.2) is 0 Å². The van der Waals surface area contributed by atoms with Crippen LogP contribution in [-0.2, 0) is 10.8 Å². The third-order valence-electron chi connectivity index (χ3n) is 22.5. The van der Waals surface area contributed by atoms with Gasteiger partial charge in [-0.05, 0) is 259 Å². The summed E-state index contributed by atoms with van der Waals surface area (Å²) in [4.78, 5) is 4.96. The highest BCUT2D eigenvalue weighted by Crippen LogP contribution is 2.57. The fourth-order valence-corrected chi connectivity index (χ4v) is 17.0. The van der Waals surface area contributed by atoms with Crippen LogP contribution in [0.4, 0.5) is 28.4 Å². The van der Waals surface area contributed by atoms with E-state index in [-0.39, 0.29) is 10.8 Å². The van der Waals surface area contributed by atoms with Gasteiger partial charge in [-0.2, -0.15) is 0 Å². The van der Waals surface area contributed by atoms with Crippen LogP contribution in [0.5, 0.6) is 0 Å². The standard InChI is InChI=1S/C100H86N2/c1-7-99(8-2)95-62-73(42-40-71-44-50-76(51-45-71)82-61-69(5)60-81(64-82)75-26-15-11-16-27-75)48-56-91(95)93-58-54-87(67-97(93)99)101(83-32-19-13-20-33-83)85-36-23-30-79(65-85)80-31-24-37-86(66-80)102(84-34-21-14-22-35-84)88-55-59-94-92-57-49-74(63-96(92)100(9-3,10-4)98(94)68-88)43-41-72-46-52-78(53-47-72)90-39-25-38-89(70(90)6)77-28-17-12-18-29-77/h11-13,15-21,23-68H,7-10,14,22H2,1-6H3. The summed E-state index contributed by atoms with van der Waals surface area (Å²) < 4.78 is 0. The molecule has 2 nitrogen and oxygen atoms in total. The highest BCUT2D eigenvalue weighted by molar-refractivity contribution is 5.91. The fraction of sp³-hybridized carbons (Fsp3) is 0.140. The Morgan fingerprint density at radius 3 is 1.17 bits per heavy atom. The number of fused-ring (bicyclic) bond motifs is 6. The molecule has 0 unspecified atom stereocenters. The molecule has 0 saturated heterocycles. The zero-order valence-electron chi connectivity index (χ0n) is 59.5. The van der Waals surface area contributed by atoms with Crippen LogP contribution in [0.3, 0.4) is 0 Å². The Balaban J connectivity index is 0.673. The number of nitrogens with zero attached hydrogens (tertiary/aromatic N) is 2. The molecule has 2 heteroatoms. The molecule has 0 spiro atoms. The molecule has 0 radical (unpaired) electrons. The second kappa shape index (κ2) is 27.9. The van der Waals surface area contributed by atoms with E-state index in [0.29, 0.717) is 0 Å². The van der Waals surface area contributed by atoms with Crippen molar-refractivity contribution in [3.05, 3.63) is 377 Å². The van der Waals surface area contributed by atoms with E-state index in [1.807, 2.05) is 0 Å². The quantitative estimate of drug-likeness (QED) is 0.0745. The molecule has 0 fully saturated rings. The van der Waals surface area contributed by atoms with Crippen molar-refractivity contribution in [1.29, 1.82) is 0 Å². The second-order valence-corrected chi connectivity index (χ2v) is 28.1. The molecule has 496 valence electrons. The smallest absolute Gasteiger partial charge is 0.0467 e. The highest BCUT2D eigenvalue weighted by Gasteiger charge is 2.43. The highest BCUT2D eigenvalue weighted by atomic mass is 15.2. The van der Waals surface area contributed by atoms with Crippen molar-refractivity contribution in [3.8, 4) is 77.9 Å². The van der Waals surface area contributed by atoms with Crippen LogP contribution in [0.15, 0.2) is 321 Å². The number of anilines is 5. The van der Waals surface area contributed by atoms with Crippen LogP contribution >= 0.6 is 0 Å². The minimum atomic E-state index is -0.149. The summed E-state index contributed by atoms with van der Waals surface area (Å²) in [6.45, 7) is 13.9. The molecule has 0 bridgehead atoms. The SMILES string of the molecule is CCC1(CC)c2cc(C=Cc3ccc(-c4cccc(-c5ccccc5)c4C)cc3)ccc2-c2ccc(N(C3=CCCC=C3)c3cccc(-c4cccc(N(c5ccccc5)c5ccc6c(c5)C(CC)(CC)c5cc(C=Cc7ccc(-c8cc(C)cc(-c9ccccc9)c8)cc7)ccc5-6)c4)c3)cc21. The van der Waals surface area contributed by atoms with E-state index in [1.165, 1.54) is 139 Å². The Morgan fingerprint density at radius 1 is 0.284 bits per heavy atom. The molecule has 0 saturated carbocycles. The van der Waals surface area contributed by atoms with Crippen LogP contribution in [0.25, 0.3) is 102 Å². The van der Waals surface area contributed by atoms with Crippen molar-refractivity contribution in [3.63, 3.8) is 0 Å². The number of para-hydroxylation sites is 1. The minimum Gasteiger partial charge on any atom is -0.311 e. The monoisotopic (exact) mass is 1310 g/mol. The summed E-state index contributed by atoms with van der Waals surface area (Å²) in [5, 5.41) is 0. The Labute approximate surface area is 604 Å². The third-order valence-corrected chi connectivity index (χ3v) is 22.5. The van der Waals surface area contributed by atoms with Crippen molar-refractivity contribution in [2.75, 3.05) is 9.80 Å². The summed E-state index contributed by atoms with van der Waals surface area (Å²) in [6, 6.07) is 111. The van der Waals surface area contributed by atoms with Gasteiger partial charge < -0.3 is 9.80 Å². The molecule has 0 aliphatic heterocycles. The zero-order valence-corrected chi connectivity index (χ0v) is 59.5. The summed E-state index contributed by atoms with van der Waals surface area (Å²) in [5.74, 6) is 0. The molecule has 0 N–H and O–H groups in total. The lowest BCUT2D eigenvalue weighted by atomic mass is 9.73. The number of hydrogen-bond acceptors (Lipinski definition) is 2. The fourth-order valence-electron chi connectivity index (χ4n) is 17.0. The van der Waals surface area contributed by atoms with E-state index in [0.717, 1.165) is 66.8 Å². The second-order valence-electron chi connectivity index (χ2n) is 28.1. The lowest BCUT2D eigenvalue weighted by molar-refractivity contribution is 0.490. The predicted molar refractivity (Wildman–Crippen MR) is 437 cm³/mol. The molecule has 16 rings (SSSR count). The van der Waals surface area contributed by atoms with Crippen molar-refractivity contribution >= 4 is 52.7 Å². The van der Waals surface area contributed by atoms with Crippen LogP contribution < -0.4 is 9.80 Å². The van der Waals surface area contributed by atoms with E-state index in [4.69, 9.17) is 0 Å². The van der Waals surface area contributed by atoms with Crippen molar-refractivity contribution in [2.24, 2.45) is 0 Å². The average molecular weight is 1320 g/mol. The largest absolute Gasteiger partial charge is 0.311 e. The first kappa shape index (κ1) is 65.1. The predicted octanol–water partition coefficient (Wildman–Crippen LogP) is 28.0. The summed E-state index contributed by atoms with van der Waals surface area (Å²) in [7, 11) is 0. The van der Waals surface area contributed by atoms with Crippen molar-refractivity contribution < 1.29 is 0 Å². The van der Waals surface area contributed by atoms with Crippen LogP contribution in [-0.4, -0.2) is 0 Å². The molecule has 13 aromatic carbocycles. The number of rotatable bonds is 19. The van der Waals surface area contributed by atoms with Crippen LogP contribution in [0.1, 0.15) is 122 Å². The van der Waals surface area contributed by atoms with Crippen LogP contribution in [0, 0.1) is 13.8 Å². The van der Waals surface area contributed by atoms with Gasteiger partial charge in [0.05, 0.1) is 0 Å². The van der Waals surface area contributed by atoms with Gasteiger partial charge in [0.1, 0.15) is 0 Å². The first-order valence-electron chi connectivity index (χ1n) is 36.8. The van der Waals surface area contributed by atoms with Gasteiger partial charge in [-0.15, -0.1) is 0 Å². The van der Waals surface area contributed by atoms with Gasteiger partial charge >= 0.3 is 0 Å². The molecule has 102 heavy (non-hydrogen) atoms. The lowest BCUT2D eigenvalue weighted by Gasteiger charge is -2.32. The Morgan fingerprint density at radius 2 is 0.667 bits per heavy atom. The van der Waals surface area contributed by atoms with Crippen molar-refractivity contribution in [1.82, 2.24) is 0 Å². The van der Waals surface area contributed by atoms with E-state index in [9.17, 15) is 0 Å². The normalized spacial score (nSPS) is 13.8. The van der Waals surface area contributed by atoms with Gasteiger partial charge in [0.2, 0.25) is 0 Å². The molecule has 0 amide bonds. The maximum absolute atomic E-state index is 2.52. The molecule has 0 heterocycles. The third kappa shape index (κ3) is 12.1. The summed E-state index contributed by atoms with van der Waals surface area (Å²) in [6.07, 6.45) is 22.2. The first-order chi connectivity index (χ1) is 50.1. The van der Waals surface area contributed by atoms with E-state index < -0.39 is 0 Å².